The Labute approximate surface area is 181 Å². The van der Waals surface area contributed by atoms with Crippen LogP contribution >= 0.6 is 34.8 Å². The molecule has 2 heterocycles. The first kappa shape index (κ1) is 28.5. The molecule has 0 spiro atoms. The first-order valence-electron chi connectivity index (χ1n) is 6.09. The number of anilines is 2. The molecule has 24 heavy (non-hydrogen) atoms. The molecule has 9 heteroatoms. The van der Waals surface area contributed by atoms with Crippen LogP contribution in [0.1, 0.15) is 24.2 Å². The number of nitrogen functional groups attached to an aromatic ring is 2. The van der Waals surface area contributed by atoms with Crippen LogP contribution < -0.4 is 46.1 Å². The van der Waals surface area contributed by atoms with Gasteiger partial charge in [-0.3, -0.25) is 4.98 Å². The number of rotatable bonds is 0. The Hall–Kier alpha value is -0.270. The van der Waals surface area contributed by atoms with Crippen LogP contribution in [0.4, 0.5) is 11.4 Å². The molecule has 0 fully saturated rings. The SMILES string of the molecule is C.C[O-].Cc1cnc(C)c(Cl)c1N.Cc1cnc(Cl)c(Cl)c1N.[Na+]. The van der Waals surface area contributed by atoms with Gasteiger partial charge in [0.2, 0.25) is 0 Å². The number of aromatic nitrogens is 2. The van der Waals surface area contributed by atoms with E-state index in [9.17, 15) is 0 Å². The molecule has 4 N–H and O–H groups in total. The third-order valence-electron chi connectivity index (χ3n) is 2.64. The summed E-state index contributed by atoms with van der Waals surface area (Å²) in [6, 6.07) is 0. The molecular formula is C15H22Cl3N4NaO. The summed E-state index contributed by atoms with van der Waals surface area (Å²) < 4.78 is 0. The van der Waals surface area contributed by atoms with E-state index < -0.39 is 0 Å². The molecule has 0 aromatic carbocycles. The molecular weight excluding hydrogens is 382 g/mol. The summed E-state index contributed by atoms with van der Waals surface area (Å²) >= 11 is 17.0. The van der Waals surface area contributed by atoms with Crippen LogP contribution in [0.2, 0.25) is 15.2 Å². The van der Waals surface area contributed by atoms with Crippen molar-refractivity contribution in [2.45, 2.75) is 28.2 Å². The van der Waals surface area contributed by atoms with Gasteiger partial charge in [0.25, 0.3) is 0 Å². The van der Waals surface area contributed by atoms with Crippen LogP contribution in [0.15, 0.2) is 12.4 Å². The standard InChI is InChI=1S/C7H9ClN2.C6H6Cl2N2.CH3O.CH4.Na/c1-4-3-10-5(2)6(8)7(4)9;1-3-2-10-6(8)4(7)5(3)9;1-2;;/h3H,1-2H3,(H2,9,10);2H,1H3,(H2,9,10);1H3;1H4;/q;;-1;;+1. The Morgan fingerprint density at radius 2 is 1.21 bits per heavy atom. The first-order chi connectivity index (χ1) is 10.3. The van der Waals surface area contributed by atoms with Crippen LogP contribution in [0.3, 0.4) is 0 Å². The monoisotopic (exact) mass is 402 g/mol. The summed E-state index contributed by atoms with van der Waals surface area (Å²) in [5, 5.41) is 9.41. The summed E-state index contributed by atoms with van der Waals surface area (Å²) in [6.45, 7) is 5.54. The molecule has 130 valence electrons. The van der Waals surface area contributed by atoms with Crippen molar-refractivity contribution in [3.63, 3.8) is 0 Å². The summed E-state index contributed by atoms with van der Waals surface area (Å²) in [6.07, 6.45) is 3.31. The number of aryl methyl sites for hydroxylation is 3. The molecule has 0 aliphatic rings. The van der Waals surface area contributed by atoms with Crippen LogP contribution in [-0.2, 0) is 0 Å². The van der Waals surface area contributed by atoms with Crippen molar-refractivity contribution < 1.29 is 34.7 Å². The van der Waals surface area contributed by atoms with Gasteiger partial charge in [0.05, 0.1) is 22.1 Å². The second-order valence-corrected chi connectivity index (χ2v) is 5.33. The molecule has 2 aromatic heterocycles. The molecule has 0 amide bonds. The largest absolute Gasteiger partial charge is 1.00 e. The molecule has 0 radical (unpaired) electrons. The maximum absolute atomic E-state index is 8.25. The topological polar surface area (TPSA) is 101 Å². The maximum atomic E-state index is 8.25. The third-order valence-corrected chi connectivity index (χ3v) is 3.89. The van der Waals surface area contributed by atoms with Crippen molar-refractivity contribution in [2.75, 3.05) is 18.6 Å². The van der Waals surface area contributed by atoms with Gasteiger partial charge in [-0.05, 0) is 31.9 Å². The molecule has 0 saturated heterocycles. The van der Waals surface area contributed by atoms with E-state index in [0.29, 0.717) is 21.4 Å². The van der Waals surface area contributed by atoms with E-state index in [4.69, 9.17) is 51.4 Å². The predicted octanol–water partition coefficient (Wildman–Crippen LogP) is 0.830. The zero-order chi connectivity index (χ0) is 17.4. The maximum Gasteiger partial charge on any atom is 1.00 e. The van der Waals surface area contributed by atoms with Crippen LogP contribution in [0.5, 0.6) is 0 Å². The summed E-state index contributed by atoms with van der Waals surface area (Å²) in [5.41, 5.74) is 14.8. The van der Waals surface area contributed by atoms with E-state index in [0.717, 1.165) is 23.9 Å². The van der Waals surface area contributed by atoms with Gasteiger partial charge in [-0.25, -0.2) is 4.98 Å². The summed E-state index contributed by atoms with van der Waals surface area (Å²) in [7, 11) is 0.750. The third kappa shape index (κ3) is 8.21. The average molecular weight is 404 g/mol. The van der Waals surface area contributed by atoms with E-state index in [2.05, 4.69) is 9.97 Å². The van der Waals surface area contributed by atoms with Gasteiger partial charge >= 0.3 is 29.6 Å². The fraction of sp³-hybridized carbons (Fsp3) is 0.333. The Balaban J connectivity index is -0.000000310. The minimum absolute atomic E-state index is 0. The molecule has 2 aromatic rings. The van der Waals surface area contributed by atoms with Gasteiger partial charge in [0, 0.05) is 12.4 Å². The van der Waals surface area contributed by atoms with Crippen LogP contribution in [0.25, 0.3) is 0 Å². The van der Waals surface area contributed by atoms with E-state index in [1.165, 1.54) is 0 Å². The number of hydrogen-bond acceptors (Lipinski definition) is 5. The summed E-state index contributed by atoms with van der Waals surface area (Å²) in [4.78, 5) is 7.82. The van der Waals surface area contributed by atoms with Crippen LogP contribution in [-0.4, -0.2) is 17.1 Å². The van der Waals surface area contributed by atoms with Crippen molar-refractivity contribution in [3.05, 3.63) is 44.4 Å². The van der Waals surface area contributed by atoms with Gasteiger partial charge in [-0.15, -0.1) is 0 Å². The van der Waals surface area contributed by atoms with Crippen molar-refractivity contribution in [2.24, 2.45) is 0 Å². The quantitative estimate of drug-likeness (QED) is 0.501. The number of hydrogen-bond donors (Lipinski definition) is 2. The zero-order valence-electron chi connectivity index (χ0n) is 13.7. The van der Waals surface area contributed by atoms with Gasteiger partial charge < -0.3 is 16.6 Å². The van der Waals surface area contributed by atoms with Crippen molar-refractivity contribution >= 4 is 46.2 Å². The van der Waals surface area contributed by atoms with E-state index in [-0.39, 0.29) is 42.1 Å². The molecule has 0 unspecified atom stereocenters. The summed E-state index contributed by atoms with van der Waals surface area (Å²) in [5.74, 6) is 0. The Bertz CT molecular complexity index is 533. The predicted molar refractivity (Wildman–Crippen MR) is 99.2 cm³/mol. The van der Waals surface area contributed by atoms with Gasteiger partial charge in [-0.2, -0.15) is 7.11 Å². The molecule has 2 rings (SSSR count). The van der Waals surface area contributed by atoms with E-state index in [1.54, 1.807) is 12.4 Å². The minimum atomic E-state index is 0. The molecule has 0 bridgehead atoms. The fourth-order valence-corrected chi connectivity index (χ4v) is 1.80. The Kier molecular flexibility index (Phi) is 16.6. The Morgan fingerprint density at radius 3 is 1.58 bits per heavy atom. The van der Waals surface area contributed by atoms with Crippen LogP contribution in [0, 0.1) is 20.8 Å². The van der Waals surface area contributed by atoms with Crippen molar-refractivity contribution in [1.82, 2.24) is 9.97 Å². The average Bonchev–Trinajstić information content (AvgIpc) is 2.53. The normalized spacial score (nSPS) is 8.50. The second kappa shape index (κ2) is 14.0. The number of nitrogens with zero attached hydrogens (tertiary/aromatic N) is 2. The minimum Gasteiger partial charge on any atom is -0.857 e. The number of pyridine rings is 2. The molecule has 5 nitrogen and oxygen atoms in total. The first-order valence-corrected chi connectivity index (χ1v) is 7.23. The van der Waals surface area contributed by atoms with E-state index in [1.807, 2.05) is 20.8 Å². The van der Waals surface area contributed by atoms with E-state index >= 15 is 0 Å². The Morgan fingerprint density at radius 1 is 0.833 bits per heavy atom. The molecule has 0 aliphatic carbocycles. The smallest absolute Gasteiger partial charge is 0.857 e. The molecule has 0 aliphatic heterocycles. The molecule has 0 saturated carbocycles. The van der Waals surface area contributed by atoms with Gasteiger partial charge in [-0.1, -0.05) is 42.2 Å². The zero-order valence-corrected chi connectivity index (χ0v) is 18.0. The fourth-order valence-electron chi connectivity index (χ4n) is 1.25. The molecule has 0 atom stereocenters. The van der Waals surface area contributed by atoms with Crippen molar-refractivity contribution in [3.8, 4) is 0 Å². The van der Waals surface area contributed by atoms with Gasteiger partial charge in [0.15, 0.2) is 0 Å². The number of nitrogens with two attached hydrogens (primary N) is 2. The van der Waals surface area contributed by atoms with Gasteiger partial charge in [0.1, 0.15) is 10.2 Å². The second-order valence-electron chi connectivity index (χ2n) is 4.21. The number of halogens is 3. The van der Waals surface area contributed by atoms with Crippen molar-refractivity contribution in [1.29, 1.82) is 0 Å².